The molecule has 1 heterocycles. The lowest BCUT2D eigenvalue weighted by atomic mass is 10.3. The minimum Gasteiger partial charge on any atom is -0.382 e. The number of amides is 1. The second kappa shape index (κ2) is 8.19. The van der Waals surface area contributed by atoms with Crippen molar-refractivity contribution < 1.29 is 4.79 Å². The van der Waals surface area contributed by atoms with Gasteiger partial charge in [0, 0.05) is 18.6 Å². The number of carbonyl (C=O) groups excluding carboxylic acids is 1. The Kier molecular flexibility index (Phi) is 6.91. The predicted molar refractivity (Wildman–Crippen MR) is 90.0 cm³/mol. The SMILES string of the molecule is CCN(CC)CC(C)NC(=O)c1sc(NC(C)C)nc1N. The number of nitrogen functional groups attached to an aromatic ring is 1. The van der Waals surface area contributed by atoms with Gasteiger partial charge in [-0.05, 0) is 33.9 Å². The van der Waals surface area contributed by atoms with Crippen LogP contribution in [0.3, 0.4) is 0 Å². The molecule has 0 aromatic carbocycles. The molecule has 0 aliphatic heterocycles. The summed E-state index contributed by atoms with van der Waals surface area (Å²) >= 11 is 1.30. The van der Waals surface area contributed by atoms with Crippen LogP contribution in [0.5, 0.6) is 0 Å². The highest BCUT2D eigenvalue weighted by molar-refractivity contribution is 7.18. The van der Waals surface area contributed by atoms with Crippen LogP contribution in [-0.2, 0) is 0 Å². The van der Waals surface area contributed by atoms with Gasteiger partial charge in [0.2, 0.25) is 0 Å². The molecule has 0 radical (unpaired) electrons. The summed E-state index contributed by atoms with van der Waals surface area (Å²) in [6.45, 7) is 13.0. The van der Waals surface area contributed by atoms with Crippen LogP contribution in [0.2, 0.25) is 0 Å². The van der Waals surface area contributed by atoms with Gasteiger partial charge in [-0.15, -0.1) is 0 Å². The highest BCUT2D eigenvalue weighted by Crippen LogP contribution is 2.25. The molecule has 4 N–H and O–H groups in total. The van der Waals surface area contributed by atoms with Crippen molar-refractivity contribution in [2.24, 2.45) is 0 Å². The number of rotatable bonds is 8. The van der Waals surface area contributed by atoms with Crippen molar-refractivity contribution in [3.63, 3.8) is 0 Å². The summed E-state index contributed by atoms with van der Waals surface area (Å²) in [5.41, 5.74) is 5.84. The molecule has 1 amide bonds. The van der Waals surface area contributed by atoms with Crippen LogP contribution in [0.25, 0.3) is 0 Å². The summed E-state index contributed by atoms with van der Waals surface area (Å²) in [5, 5.41) is 6.83. The van der Waals surface area contributed by atoms with Gasteiger partial charge in [0.15, 0.2) is 5.13 Å². The van der Waals surface area contributed by atoms with E-state index in [0.29, 0.717) is 10.0 Å². The fourth-order valence-electron chi connectivity index (χ4n) is 2.01. The highest BCUT2D eigenvalue weighted by atomic mass is 32.1. The van der Waals surface area contributed by atoms with E-state index in [2.05, 4.69) is 34.4 Å². The van der Waals surface area contributed by atoms with Crippen LogP contribution < -0.4 is 16.4 Å². The number of nitrogens with one attached hydrogen (secondary N) is 2. The van der Waals surface area contributed by atoms with Gasteiger partial charge < -0.3 is 21.3 Å². The van der Waals surface area contributed by atoms with Crippen molar-refractivity contribution in [1.82, 2.24) is 15.2 Å². The quantitative estimate of drug-likeness (QED) is 0.684. The minimum absolute atomic E-state index is 0.0698. The maximum absolute atomic E-state index is 12.3. The zero-order chi connectivity index (χ0) is 16.0. The largest absolute Gasteiger partial charge is 0.382 e. The fraction of sp³-hybridized carbons (Fsp3) is 0.714. The third-order valence-electron chi connectivity index (χ3n) is 3.08. The van der Waals surface area contributed by atoms with Crippen molar-refractivity contribution in [1.29, 1.82) is 0 Å². The van der Waals surface area contributed by atoms with Gasteiger partial charge in [0.05, 0.1) is 0 Å². The van der Waals surface area contributed by atoms with Crippen LogP contribution in [0.15, 0.2) is 0 Å². The first-order valence-electron chi connectivity index (χ1n) is 7.43. The van der Waals surface area contributed by atoms with E-state index in [0.717, 1.165) is 19.6 Å². The number of carbonyl (C=O) groups is 1. The van der Waals surface area contributed by atoms with Crippen LogP contribution in [0.4, 0.5) is 10.9 Å². The van der Waals surface area contributed by atoms with E-state index in [1.807, 2.05) is 20.8 Å². The summed E-state index contributed by atoms with van der Waals surface area (Å²) in [6.07, 6.45) is 0. The normalized spacial score (nSPS) is 12.7. The monoisotopic (exact) mass is 313 g/mol. The third-order valence-corrected chi connectivity index (χ3v) is 4.08. The topological polar surface area (TPSA) is 83.3 Å². The molecular weight excluding hydrogens is 286 g/mol. The van der Waals surface area contributed by atoms with Crippen LogP contribution in [-0.4, -0.2) is 47.5 Å². The fourth-order valence-corrected chi connectivity index (χ4v) is 2.94. The summed E-state index contributed by atoms with van der Waals surface area (Å²) < 4.78 is 0. The molecule has 120 valence electrons. The number of nitrogens with zero attached hydrogens (tertiary/aromatic N) is 2. The molecule has 0 spiro atoms. The Labute approximate surface area is 131 Å². The Bertz CT molecular complexity index is 456. The molecule has 0 bridgehead atoms. The standard InChI is InChI=1S/C14H27N5OS/c1-6-19(7-2)8-10(5)17-13(20)11-12(15)18-14(21-11)16-9(3)4/h9-10H,6-8,15H2,1-5H3,(H,16,18)(H,17,20). The van der Waals surface area contributed by atoms with E-state index in [1.165, 1.54) is 11.3 Å². The number of hydrogen-bond acceptors (Lipinski definition) is 6. The van der Waals surface area contributed by atoms with Gasteiger partial charge in [-0.25, -0.2) is 4.98 Å². The van der Waals surface area contributed by atoms with Gasteiger partial charge >= 0.3 is 0 Å². The molecular formula is C14H27N5OS. The van der Waals surface area contributed by atoms with E-state index in [1.54, 1.807) is 0 Å². The van der Waals surface area contributed by atoms with Crippen molar-refractivity contribution >= 4 is 28.2 Å². The molecule has 1 unspecified atom stereocenters. The molecule has 0 fully saturated rings. The van der Waals surface area contributed by atoms with Crippen molar-refractivity contribution in [2.75, 3.05) is 30.7 Å². The molecule has 1 aromatic heterocycles. The molecule has 1 rings (SSSR count). The van der Waals surface area contributed by atoms with E-state index < -0.39 is 0 Å². The first kappa shape index (κ1) is 17.7. The third kappa shape index (κ3) is 5.51. The van der Waals surface area contributed by atoms with E-state index in [-0.39, 0.29) is 23.8 Å². The maximum Gasteiger partial charge on any atom is 0.265 e. The molecule has 21 heavy (non-hydrogen) atoms. The zero-order valence-electron chi connectivity index (χ0n) is 13.6. The zero-order valence-corrected chi connectivity index (χ0v) is 14.4. The van der Waals surface area contributed by atoms with Gasteiger partial charge in [0.25, 0.3) is 5.91 Å². The van der Waals surface area contributed by atoms with Crippen LogP contribution in [0, 0.1) is 0 Å². The first-order valence-corrected chi connectivity index (χ1v) is 8.25. The van der Waals surface area contributed by atoms with Crippen LogP contribution in [0.1, 0.15) is 44.3 Å². The number of anilines is 2. The summed E-state index contributed by atoms with van der Waals surface area (Å²) in [7, 11) is 0. The van der Waals surface area contributed by atoms with Gasteiger partial charge in [-0.2, -0.15) is 0 Å². The number of thiazole rings is 1. The second-order valence-electron chi connectivity index (χ2n) is 5.39. The Hall–Kier alpha value is -1.34. The summed E-state index contributed by atoms with van der Waals surface area (Å²) in [6, 6.07) is 0.327. The van der Waals surface area contributed by atoms with Gasteiger partial charge in [-0.3, -0.25) is 4.79 Å². The molecule has 7 heteroatoms. The van der Waals surface area contributed by atoms with Crippen molar-refractivity contribution in [2.45, 2.75) is 46.7 Å². The second-order valence-corrected chi connectivity index (χ2v) is 6.39. The Morgan fingerprint density at radius 3 is 2.48 bits per heavy atom. The Morgan fingerprint density at radius 2 is 1.95 bits per heavy atom. The highest BCUT2D eigenvalue weighted by Gasteiger charge is 2.19. The Balaban J connectivity index is 2.64. The van der Waals surface area contributed by atoms with E-state index >= 15 is 0 Å². The predicted octanol–water partition coefficient (Wildman–Crippen LogP) is 2.01. The van der Waals surface area contributed by atoms with Crippen LogP contribution >= 0.6 is 11.3 Å². The molecule has 1 atom stereocenters. The lowest BCUT2D eigenvalue weighted by Gasteiger charge is -2.23. The lowest BCUT2D eigenvalue weighted by Crippen LogP contribution is -2.41. The van der Waals surface area contributed by atoms with E-state index in [9.17, 15) is 4.79 Å². The van der Waals surface area contributed by atoms with Gasteiger partial charge in [-0.1, -0.05) is 25.2 Å². The first-order chi connectivity index (χ1) is 9.87. The lowest BCUT2D eigenvalue weighted by molar-refractivity contribution is 0.0935. The summed E-state index contributed by atoms with van der Waals surface area (Å²) in [4.78, 5) is 19.2. The molecule has 0 aliphatic carbocycles. The maximum atomic E-state index is 12.3. The average Bonchev–Trinajstić information content (AvgIpc) is 2.75. The Morgan fingerprint density at radius 1 is 1.33 bits per heavy atom. The number of aromatic nitrogens is 1. The molecule has 6 nitrogen and oxygen atoms in total. The van der Waals surface area contributed by atoms with Gasteiger partial charge in [0.1, 0.15) is 10.7 Å². The average molecular weight is 313 g/mol. The number of nitrogens with two attached hydrogens (primary N) is 1. The summed E-state index contributed by atoms with van der Waals surface area (Å²) in [5.74, 6) is 0.136. The number of hydrogen-bond donors (Lipinski definition) is 3. The molecule has 0 saturated heterocycles. The molecule has 0 saturated carbocycles. The minimum atomic E-state index is -0.151. The smallest absolute Gasteiger partial charge is 0.265 e. The number of likely N-dealkylation sites (N-methyl/N-ethyl adjacent to an activating group) is 1. The van der Waals surface area contributed by atoms with Crippen molar-refractivity contribution in [3.05, 3.63) is 4.88 Å². The molecule has 0 aliphatic rings. The molecule has 1 aromatic rings. The van der Waals surface area contributed by atoms with Crippen molar-refractivity contribution in [3.8, 4) is 0 Å². The van der Waals surface area contributed by atoms with E-state index in [4.69, 9.17) is 5.73 Å².